The second kappa shape index (κ2) is 5.25. The molecule has 1 saturated heterocycles. The Kier molecular flexibility index (Phi) is 3.92. The van der Waals surface area contributed by atoms with Crippen LogP contribution in [-0.2, 0) is 0 Å². The van der Waals surface area contributed by atoms with Crippen LogP contribution in [0.4, 0.5) is 4.79 Å². The van der Waals surface area contributed by atoms with E-state index in [-0.39, 0.29) is 6.03 Å². The van der Waals surface area contributed by atoms with Gasteiger partial charge in [-0.25, -0.2) is 4.79 Å². The van der Waals surface area contributed by atoms with Gasteiger partial charge in [0.25, 0.3) is 0 Å². The Morgan fingerprint density at radius 2 is 2.18 bits per heavy atom. The normalized spacial score (nSPS) is 33.1. The van der Waals surface area contributed by atoms with Gasteiger partial charge in [-0.15, -0.1) is 0 Å². The SMILES string of the molecule is CC1CCCN(C(=O)N(C)CC2CC(N)C2)C1. The lowest BCUT2D eigenvalue weighted by molar-refractivity contribution is 0.122. The van der Waals surface area contributed by atoms with Gasteiger partial charge in [0.05, 0.1) is 0 Å². The number of urea groups is 1. The maximum absolute atomic E-state index is 12.2. The van der Waals surface area contributed by atoms with Gasteiger partial charge >= 0.3 is 6.03 Å². The molecule has 0 bridgehead atoms. The number of carbonyl (C=O) groups is 1. The highest BCUT2D eigenvalue weighted by molar-refractivity contribution is 5.74. The van der Waals surface area contributed by atoms with Crippen LogP contribution >= 0.6 is 0 Å². The molecule has 1 aliphatic carbocycles. The van der Waals surface area contributed by atoms with E-state index >= 15 is 0 Å². The summed E-state index contributed by atoms with van der Waals surface area (Å²) in [7, 11) is 1.92. The molecule has 2 N–H and O–H groups in total. The third-order valence-electron chi connectivity index (χ3n) is 4.06. The lowest BCUT2D eigenvalue weighted by atomic mass is 9.81. The molecular formula is C13H25N3O. The molecule has 2 fully saturated rings. The Labute approximate surface area is 104 Å². The quantitative estimate of drug-likeness (QED) is 0.794. The number of carbonyl (C=O) groups excluding carboxylic acids is 1. The van der Waals surface area contributed by atoms with E-state index in [0.717, 1.165) is 38.9 Å². The Morgan fingerprint density at radius 3 is 2.76 bits per heavy atom. The van der Waals surface area contributed by atoms with Crippen molar-refractivity contribution in [3.8, 4) is 0 Å². The number of likely N-dealkylation sites (tertiary alicyclic amines) is 1. The number of hydrogen-bond donors (Lipinski definition) is 1. The predicted octanol–water partition coefficient (Wildman–Crippen LogP) is 1.51. The molecule has 2 aliphatic rings. The summed E-state index contributed by atoms with van der Waals surface area (Å²) in [4.78, 5) is 16.1. The van der Waals surface area contributed by atoms with Gasteiger partial charge in [-0.2, -0.15) is 0 Å². The summed E-state index contributed by atoms with van der Waals surface area (Å²) >= 11 is 0. The number of rotatable bonds is 2. The first kappa shape index (κ1) is 12.7. The molecule has 1 atom stereocenters. The summed E-state index contributed by atoms with van der Waals surface area (Å²) < 4.78 is 0. The molecule has 1 saturated carbocycles. The third kappa shape index (κ3) is 3.12. The maximum Gasteiger partial charge on any atom is 0.319 e. The number of amides is 2. The van der Waals surface area contributed by atoms with E-state index in [1.165, 1.54) is 6.42 Å². The van der Waals surface area contributed by atoms with Gasteiger partial charge < -0.3 is 15.5 Å². The molecule has 0 radical (unpaired) electrons. The van der Waals surface area contributed by atoms with Crippen LogP contribution in [-0.4, -0.2) is 48.6 Å². The number of piperidine rings is 1. The molecular weight excluding hydrogens is 214 g/mol. The topological polar surface area (TPSA) is 49.6 Å². The van der Waals surface area contributed by atoms with Crippen molar-refractivity contribution in [2.24, 2.45) is 17.6 Å². The molecule has 0 aromatic heterocycles. The Bertz CT molecular complexity index is 276. The number of nitrogens with two attached hydrogens (primary N) is 1. The first-order chi connectivity index (χ1) is 8.06. The van der Waals surface area contributed by atoms with Crippen molar-refractivity contribution < 1.29 is 4.79 Å². The minimum atomic E-state index is 0.206. The summed E-state index contributed by atoms with van der Waals surface area (Å²) in [5.74, 6) is 1.28. The summed E-state index contributed by atoms with van der Waals surface area (Å²) in [6, 6.07) is 0.579. The number of nitrogens with zero attached hydrogens (tertiary/aromatic N) is 2. The Balaban J connectivity index is 1.77. The van der Waals surface area contributed by atoms with Crippen LogP contribution in [0.1, 0.15) is 32.6 Å². The molecule has 1 heterocycles. The number of hydrogen-bond acceptors (Lipinski definition) is 2. The van der Waals surface area contributed by atoms with Crippen molar-refractivity contribution in [2.45, 2.75) is 38.6 Å². The van der Waals surface area contributed by atoms with E-state index < -0.39 is 0 Å². The van der Waals surface area contributed by atoms with Crippen LogP contribution in [0.5, 0.6) is 0 Å². The lowest BCUT2D eigenvalue weighted by Gasteiger charge is -2.38. The van der Waals surface area contributed by atoms with Crippen molar-refractivity contribution in [3.05, 3.63) is 0 Å². The predicted molar refractivity (Wildman–Crippen MR) is 68.7 cm³/mol. The largest absolute Gasteiger partial charge is 0.328 e. The average molecular weight is 239 g/mol. The fourth-order valence-electron chi connectivity index (χ4n) is 3.01. The molecule has 1 unspecified atom stereocenters. The van der Waals surface area contributed by atoms with Crippen LogP contribution in [0.15, 0.2) is 0 Å². The van der Waals surface area contributed by atoms with Crippen molar-refractivity contribution in [1.29, 1.82) is 0 Å². The summed E-state index contributed by atoms with van der Waals surface area (Å²) in [6.45, 7) is 4.95. The fourth-order valence-corrected chi connectivity index (χ4v) is 3.01. The van der Waals surface area contributed by atoms with E-state index in [4.69, 9.17) is 5.73 Å². The van der Waals surface area contributed by atoms with Crippen molar-refractivity contribution in [1.82, 2.24) is 9.80 Å². The van der Waals surface area contributed by atoms with E-state index in [1.54, 1.807) is 0 Å². The summed E-state index contributed by atoms with van der Waals surface area (Å²) in [5, 5.41) is 0. The molecule has 98 valence electrons. The molecule has 1 aliphatic heterocycles. The van der Waals surface area contributed by atoms with Gasteiger partial charge in [0.15, 0.2) is 0 Å². The second-order valence-corrected chi connectivity index (χ2v) is 5.95. The van der Waals surface area contributed by atoms with Crippen LogP contribution < -0.4 is 5.73 Å². The standard InChI is InChI=1S/C13H25N3O/c1-10-4-3-5-16(8-10)13(17)15(2)9-11-6-12(14)7-11/h10-12H,3-9,14H2,1-2H3. The van der Waals surface area contributed by atoms with Gasteiger partial charge in [-0.3, -0.25) is 0 Å². The molecule has 0 spiro atoms. The molecule has 4 nitrogen and oxygen atoms in total. The highest BCUT2D eigenvalue weighted by atomic mass is 16.2. The smallest absolute Gasteiger partial charge is 0.319 e. The van der Waals surface area contributed by atoms with Crippen LogP contribution in [0.2, 0.25) is 0 Å². The highest BCUT2D eigenvalue weighted by Crippen LogP contribution is 2.26. The van der Waals surface area contributed by atoms with E-state index in [9.17, 15) is 4.79 Å². The van der Waals surface area contributed by atoms with E-state index in [2.05, 4.69) is 6.92 Å². The van der Waals surface area contributed by atoms with Crippen molar-refractivity contribution in [3.63, 3.8) is 0 Å². The molecule has 2 rings (SSSR count). The Hall–Kier alpha value is -0.770. The summed E-state index contributed by atoms with van der Waals surface area (Å²) in [5.41, 5.74) is 5.77. The van der Waals surface area contributed by atoms with Crippen molar-refractivity contribution in [2.75, 3.05) is 26.7 Å². The average Bonchev–Trinajstić information content (AvgIpc) is 2.26. The molecule has 4 heteroatoms. The first-order valence-electron chi connectivity index (χ1n) is 6.82. The van der Waals surface area contributed by atoms with Crippen LogP contribution in [0.25, 0.3) is 0 Å². The Morgan fingerprint density at radius 1 is 1.47 bits per heavy atom. The minimum Gasteiger partial charge on any atom is -0.328 e. The van der Waals surface area contributed by atoms with Gasteiger partial charge in [-0.1, -0.05) is 6.92 Å². The van der Waals surface area contributed by atoms with Crippen LogP contribution in [0, 0.1) is 11.8 Å². The highest BCUT2D eigenvalue weighted by Gasteiger charge is 2.30. The zero-order chi connectivity index (χ0) is 12.4. The van der Waals surface area contributed by atoms with Gasteiger partial charge in [0.1, 0.15) is 0 Å². The van der Waals surface area contributed by atoms with Gasteiger partial charge in [0.2, 0.25) is 0 Å². The van der Waals surface area contributed by atoms with Crippen LogP contribution in [0.3, 0.4) is 0 Å². The third-order valence-corrected chi connectivity index (χ3v) is 4.06. The van der Waals surface area contributed by atoms with E-state index in [1.807, 2.05) is 16.8 Å². The second-order valence-electron chi connectivity index (χ2n) is 5.95. The van der Waals surface area contributed by atoms with Gasteiger partial charge in [0, 0.05) is 32.7 Å². The molecule has 0 aromatic carbocycles. The first-order valence-corrected chi connectivity index (χ1v) is 6.82. The summed E-state index contributed by atoms with van der Waals surface area (Å²) in [6.07, 6.45) is 4.56. The minimum absolute atomic E-state index is 0.206. The lowest BCUT2D eigenvalue weighted by Crippen LogP contribution is -2.49. The van der Waals surface area contributed by atoms with E-state index in [0.29, 0.717) is 17.9 Å². The maximum atomic E-state index is 12.2. The van der Waals surface area contributed by atoms with Gasteiger partial charge in [-0.05, 0) is 37.5 Å². The molecule has 0 aromatic rings. The molecule has 17 heavy (non-hydrogen) atoms. The van der Waals surface area contributed by atoms with Crippen molar-refractivity contribution >= 4 is 6.03 Å². The zero-order valence-corrected chi connectivity index (χ0v) is 11.1. The fraction of sp³-hybridized carbons (Fsp3) is 0.923. The zero-order valence-electron chi connectivity index (χ0n) is 11.1. The molecule has 2 amide bonds. The monoisotopic (exact) mass is 239 g/mol.